The molecule has 0 amide bonds. The second-order valence-electron chi connectivity index (χ2n) is 9.66. The number of rotatable bonds is 8. The topological polar surface area (TPSA) is 70.2 Å². The molecule has 0 N–H and O–H groups in total. The molecule has 0 unspecified atom stereocenters. The van der Waals surface area contributed by atoms with Gasteiger partial charge in [0.2, 0.25) is 0 Å². The number of hydrogen-bond acceptors (Lipinski definition) is 5. The van der Waals surface area contributed by atoms with E-state index in [1.54, 1.807) is 0 Å². The van der Waals surface area contributed by atoms with Crippen LogP contribution in [0.15, 0.2) is 88.2 Å². The van der Waals surface area contributed by atoms with Crippen molar-refractivity contribution < 1.29 is 9.26 Å². The molecule has 0 atom stereocenters. The summed E-state index contributed by atoms with van der Waals surface area (Å²) in [6, 6.07) is 26.0. The lowest BCUT2D eigenvalue weighted by atomic mass is 9.97. The van der Waals surface area contributed by atoms with Crippen LogP contribution in [0.25, 0.3) is 23.3 Å². The van der Waals surface area contributed by atoms with E-state index in [1.165, 1.54) is 4.68 Å². The maximum Gasteiger partial charge on any atom is 0.274 e. The van der Waals surface area contributed by atoms with Crippen molar-refractivity contribution in [1.82, 2.24) is 14.9 Å². The number of aromatic nitrogens is 3. The van der Waals surface area contributed by atoms with Gasteiger partial charge in [-0.25, -0.2) is 4.68 Å². The zero-order chi connectivity index (χ0) is 27.4. The summed E-state index contributed by atoms with van der Waals surface area (Å²) in [6.07, 6.45) is 3.86. The molecule has 0 saturated heterocycles. The first-order valence-corrected chi connectivity index (χ1v) is 12.9. The van der Waals surface area contributed by atoms with Gasteiger partial charge >= 0.3 is 0 Å². The number of aryl methyl sites for hydroxylation is 4. The molecule has 0 radical (unpaired) electrons. The predicted octanol–water partition coefficient (Wildman–Crippen LogP) is 6.93. The summed E-state index contributed by atoms with van der Waals surface area (Å²) in [4.78, 5) is 14.0. The summed E-state index contributed by atoms with van der Waals surface area (Å²) < 4.78 is 13.1. The van der Waals surface area contributed by atoms with Crippen LogP contribution in [-0.2, 0) is 13.2 Å². The largest absolute Gasteiger partial charge is 0.488 e. The lowest BCUT2D eigenvalue weighted by molar-refractivity contribution is 0.307. The number of ether oxygens (including phenoxy) is 1. The average Bonchev–Trinajstić information content (AvgIpc) is 3.26. The maximum atomic E-state index is 14.0. The Balaban J connectivity index is 1.63. The van der Waals surface area contributed by atoms with Gasteiger partial charge in [0.15, 0.2) is 0 Å². The smallest absolute Gasteiger partial charge is 0.274 e. The molecule has 196 valence electrons. The van der Waals surface area contributed by atoms with Crippen LogP contribution in [0, 0.1) is 27.7 Å². The molecule has 2 aromatic heterocycles. The molecule has 5 rings (SSSR count). The molecular weight excluding hydrogens is 486 g/mol. The summed E-state index contributed by atoms with van der Waals surface area (Å²) in [5.41, 5.74) is 7.49. The van der Waals surface area contributed by atoms with Crippen molar-refractivity contribution >= 4 is 12.2 Å². The Morgan fingerprint density at radius 3 is 2.38 bits per heavy atom. The van der Waals surface area contributed by atoms with E-state index in [9.17, 15) is 4.79 Å². The summed E-state index contributed by atoms with van der Waals surface area (Å²) in [5.74, 6) is 1.37. The van der Waals surface area contributed by atoms with Crippen LogP contribution < -0.4 is 10.3 Å². The number of para-hydroxylation sites is 1. The molecule has 0 spiro atoms. The second kappa shape index (κ2) is 11.4. The first-order chi connectivity index (χ1) is 18.9. The molecule has 39 heavy (non-hydrogen) atoms. The molecule has 2 heterocycles. The van der Waals surface area contributed by atoms with Gasteiger partial charge in [-0.3, -0.25) is 4.79 Å². The Morgan fingerprint density at radius 2 is 1.64 bits per heavy atom. The highest BCUT2D eigenvalue weighted by Crippen LogP contribution is 2.34. The van der Waals surface area contributed by atoms with Gasteiger partial charge in [0.1, 0.15) is 18.1 Å². The van der Waals surface area contributed by atoms with Crippen LogP contribution in [0.2, 0.25) is 0 Å². The standard InChI is InChI=1S/C33H31N3O3/c1-22-11-10-14-26(19-22)17-18-29-32(24(3)34-36(33(29)37)20-30-23(2)35-39-25(30)4)28-15-8-9-16-31(28)38-21-27-12-6-5-7-13-27/h5-19H,20-21H2,1-4H3/b18-17+. The van der Waals surface area contributed by atoms with Crippen molar-refractivity contribution in [3.8, 4) is 16.9 Å². The van der Waals surface area contributed by atoms with E-state index < -0.39 is 0 Å². The Bertz CT molecular complexity index is 1680. The molecule has 0 fully saturated rings. The molecule has 5 aromatic rings. The van der Waals surface area contributed by atoms with Gasteiger partial charge in [0.05, 0.1) is 23.5 Å². The molecule has 0 aliphatic heterocycles. The van der Waals surface area contributed by atoms with E-state index >= 15 is 0 Å². The Hall–Kier alpha value is -4.71. The van der Waals surface area contributed by atoms with Crippen molar-refractivity contribution in [2.75, 3.05) is 0 Å². The zero-order valence-electron chi connectivity index (χ0n) is 22.6. The van der Waals surface area contributed by atoms with Crippen LogP contribution in [-0.4, -0.2) is 14.9 Å². The van der Waals surface area contributed by atoms with Crippen molar-refractivity contribution in [2.24, 2.45) is 0 Å². The van der Waals surface area contributed by atoms with Crippen LogP contribution in [0.3, 0.4) is 0 Å². The lowest BCUT2D eigenvalue weighted by Crippen LogP contribution is -2.27. The fourth-order valence-electron chi connectivity index (χ4n) is 4.68. The minimum atomic E-state index is -0.197. The first-order valence-electron chi connectivity index (χ1n) is 12.9. The van der Waals surface area contributed by atoms with Crippen molar-refractivity contribution in [1.29, 1.82) is 0 Å². The highest BCUT2D eigenvalue weighted by Gasteiger charge is 2.20. The minimum Gasteiger partial charge on any atom is -0.488 e. The van der Waals surface area contributed by atoms with Crippen molar-refractivity contribution in [3.05, 3.63) is 134 Å². The molecule has 0 saturated carbocycles. The Morgan fingerprint density at radius 1 is 0.872 bits per heavy atom. The quantitative estimate of drug-likeness (QED) is 0.223. The SMILES string of the molecule is Cc1cccc(/C=C/c2c(-c3ccccc3OCc3ccccc3)c(C)nn(Cc3c(C)noc3C)c2=O)c1. The van der Waals surface area contributed by atoms with E-state index in [1.807, 2.05) is 99.7 Å². The molecule has 6 nitrogen and oxygen atoms in total. The van der Waals surface area contributed by atoms with Crippen molar-refractivity contribution in [3.63, 3.8) is 0 Å². The number of nitrogens with zero attached hydrogens (tertiary/aromatic N) is 3. The molecule has 3 aromatic carbocycles. The average molecular weight is 518 g/mol. The lowest BCUT2D eigenvalue weighted by Gasteiger charge is -2.17. The predicted molar refractivity (Wildman–Crippen MR) is 155 cm³/mol. The fourth-order valence-corrected chi connectivity index (χ4v) is 4.68. The van der Waals surface area contributed by atoms with Crippen molar-refractivity contribution in [2.45, 2.75) is 40.8 Å². The van der Waals surface area contributed by atoms with Gasteiger partial charge in [0.25, 0.3) is 5.56 Å². The van der Waals surface area contributed by atoms with Crippen LogP contribution >= 0.6 is 0 Å². The Labute approximate surface area is 228 Å². The summed E-state index contributed by atoms with van der Waals surface area (Å²) in [5, 5.41) is 8.79. The van der Waals surface area contributed by atoms with Gasteiger partial charge in [-0.15, -0.1) is 0 Å². The van der Waals surface area contributed by atoms with Crippen LogP contribution in [0.5, 0.6) is 5.75 Å². The van der Waals surface area contributed by atoms with Gasteiger partial charge < -0.3 is 9.26 Å². The van der Waals surface area contributed by atoms with E-state index in [-0.39, 0.29) is 12.1 Å². The monoisotopic (exact) mass is 517 g/mol. The van der Waals surface area contributed by atoms with E-state index in [0.29, 0.717) is 23.7 Å². The van der Waals surface area contributed by atoms with Gasteiger partial charge in [-0.2, -0.15) is 5.10 Å². The molecule has 0 aliphatic carbocycles. The Kier molecular flexibility index (Phi) is 7.55. The maximum absolute atomic E-state index is 14.0. The summed E-state index contributed by atoms with van der Waals surface area (Å²) in [7, 11) is 0. The third-order valence-electron chi connectivity index (χ3n) is 6.73. The normalized spacial score (nSPS) is 11.3. The molecular formula is C33H31N3O3. The third-order valence-corrected chi connectivity index (χ3v) is 6.73. The van der Waals surface area contributed by atoms with E-state index in [2.05, 4.69) is 24.2 Å². The number of hydrogen-bond donors (Lipinski definition) is 0. The van der Waals surface area contributed by atoms with E-state index in [4.69, 9.17) is 14.4 Å². The fraction of sp³-hybridized carbons (Fsp3) is 0.182. The highest BCUT2D eigenvalue weighted by molar-refractivity contribution is 5.84. The highest BCUT2D eigenvalue weighted by atomic mass is 16.5. The molecule has 6 heteroatoms. The molecule has 0 aliphatic rings. The third kappa shape index (κ3) is 5.75. The van der Waals surface area contributed by atoms with Gasteiger partial charge in [-0.05, 0) is 51.0 Å². The van der Waals surface area contributed by atoms with Crippen LogP contribution in [0.1, 0.15) is 45.0 Å². The second-order valence-corrected chi connectivity index (χ2v) is 9.66. The molecule has 0 bridgehead atoms. The van der Waals surface area contributed by atoms with Crippen LogP contribution in [0.4, 0.5) is 0 Å². The first kappa shape index (κ1) is 25.9. The van der Waals surface area contributed by atoms with E-state index in [0.717, 1.165) is 44.8 Å². The van der Waals surface area contributed by atoms with Gasteiger partial charge in [-0.1, -0.05) is 89.6 Å². The van der Waals surface area contributed by atoms with Gasteiger partial charge in [0, 0.05) is 16.7 Å². The minimum absolute atomic E-state index is 0.197. The number of benzene rings is 3. The summed E-state index contributed by atoms with van der Waals surface area (Å²) in [6.45, 7) is 8.39. The zero-order valence-corrected chi connectivity index (χ0v) is 22.6. The summed E-state index contributed by atoms with van der Waals surface area (Å²) >= 11 is 0.